The number of anilines is 2. The highest BCUT2D eigenvalue weighted by Gasteiger charge is 2.32. The van der Waals surface area contributed by atoms with E-state index in [1.54, 1.807) is 24.3 Å². The van der Waals surface area contributed by atoms with Crippen molar-refractivity contribution < 1.29 is 19.5 Å². The summed E-state index contributed by atoms with van der Waals surface area (Å²) in [6.07, 6.45) is 3.12. The van der Waals surface area contributed by atoms with Gasteiger partial charge in [0.2, 0.25) is 5.91 Å². The first-order valence-corrected chi connectivity index (χ1v) is 7.57. The molecule has 7 nitrogen and oxygen atoms in total. The minimum Gasteiger partial charge on any atom is -0.388 e. The molecule has 2 rings (SSSR count). The van der Waals surface area contributed by atoms with Crippen molar-refractivity contribution in [3.63, 3.8) is 0 Å². The Morgan fingerprint density at radius 2 is 1.70 bits per heavy atom. The lowest BCUT2D eigenvalue weighted by atomic mass is 10.0. The van der Waals surface area contributed by atoms with Gasteiger partial charge < -0.3 is 21.1 Å². The molecular weight excluding hydrogens is 298 g/mol. The SMILES string of the molecule is CC(=O)Nc1cccc(NC(=O)C(=O)NCC2(O)CCCC2)c1. The molecule has 0 bridgehead atoms. The summed E-state index contributed by atoms with van der Waals surface area (Å²) in [4.78, 5) is 34.7. The maximum Gasteiger partial charge on any atom is 0.313 e. The Morgan fingerprint density at radius 1 is 1.09 bits per heavy atom. The fourth-order valence-corrected chi connectivity index (χ4v) is 2.60. The number of aliphatic hydroxyl groups is 1. The van der Waals surface area contributed by atoms with E-state index in [0.717, 1.165) is 12.8 Å². The lowest BCUT2D eigenvalue weighted by Gasteiger charge is -2.22. The van der Waals surface area contributed by atoms with Crippen LogP contribution < -0.4 is 16.0 Å². The molecule has 3 amide bonds. The number of hydrogen-bond donors (Lipinski definition) is 4. The minimum absolute atomic E-state index is 0.0746. The van der Waals surface area contributed by atoms with Crippen LogP contribution in [0.15, 0.2) is 24.3 Å². The molecule has 1 fully saturated rings. The molecule has 1 aromatic rings. The van der Waals surface area contributed by atoms with Gasteiger partial charge in [0.1, 0.15) is 0 Å². The van der Waals surface area contributed by atoms with Crippen LogP contribution in [0.3, 0.4) is 0 Å². The first-order chi connectivity index (χ1) is 10.9. The molecule has 0 radical (unpaired) electrons. The van der Waals surface area contributed by atoms with E-state index in [0.29, 0.717) is 24.2 Å². The molecule has 0 spiro atoms. The van der Waals surface area contributed by atoms with Crippen molar-refractivity contribution in [1.82, 2.24) is 5.32 Å². The van der Waals surface area contributed by atoms with Crippen LogP contribution >= 0.6 is 0 Å². The molecule has 0 aliphatic heterocycles. The Bertz CT molecular complexity index is 609. The van der Waals surface area contributed by atoms with E-state index in [4.69, 9.17) is 0 Å². The number of hydrogen-bond acceptors (Lipinski definition) is 4. The Kier molecular flexibility index (Phi) is 5.33. The van der Waals surface area contributed by atoms with Crippen molar-refractivity contribution in [3.8, 4) is 0 Å². The average molecular weight is 319 g/mol. The highest BCUT2D eigenvalue weighted by molar-refractivity contribution is 6.39. The van der Waals surface area contributed by atoms with Crippen molar-refractivity contribution in [2.45, 2.75) is 38.2 Å². The van der Waals surface area contributed by atoms with Gasteiger partial charge in [0, 0.05) is 24.8 Å². The second kappa shape index (κ2) is 7.23. The van der Waals surface area contributed by atoms with Gasteiger partial charge in [0.15, 0.2) is 0 Å². The fraction of sp³-hybridized carbons (Fsp3) is 0.438. The molecule has 0 saturated heterocycles. The third-order valence-corrected chi connectivity index (χ3v) is 3.76. The van der Waals surface area contributed by atoms with E-state index in [1.807, 2.05) is 0 Å². The lowest BCUT2D eigenvalue weighted by molar-refractivity contribution is -0.136. The summed E-state index contributed by atoms with van der Waals surface area (Å²) < 4.78 is 0. The van der Waals surface area contributed by atoms with Gasteiger partial charge in [-0.3, -0.25) is 14.4 Å². The number of amides is 3. The number of benzene rings is 1. The predicted molar refractivity (Wildman–Crippen MR) is 85.8 cm³/mol. The van der Waals surface area contributed by atoms with Crippen molar-refractivity contribution >= 4 is 29.1 Å². The van der Waals surface area contributed by atoms with Gasteiger partial charge in [0.05, 0.1) is 5.60 Å². The molecule has 1 aliphatic rings. The summed E-state index contributed by atoms with van der Waals surface area (Å²) in [5.74, 6) is -1.84. The van der Waals surface area contributed by atoms with Crippen molar-refractivity contribution in [2.75, 3.05) is 17.2 Å². The summed E-state index contributed by atoms with van der Waals surface area (Å²) in [5.41, 5.74) is 0.0216. The zero-order chi connectivity index (χ0) is 16.9. The van der Waals surface area contributed by atoms with Gasteiger partial charge >= 0.3 is 11.8 Å². The van der Waals surface area contributed by atoms with Crippen molar-refractivity contribution in [1.29, 1.82) is 0 Å². The van der Waals surface area contributed by atoms with Crippen LogP contribution in [-0.2, 0) is 14.4 Å². The molecular formula is C16H21N3O4. The van der Waals surface area contributed by atoms with E-state index in [2.05, 4.69) is 16.0 Å². The Hall–Kier alpha value is -2.41. The van der Waals surface area contributed by atoms with Gasteiger partial charge in [-0.2, -0.15) is 0 Å². The zero-order valence-corrected chi connectivity index (χ0v) is 13.0. The molecule has 1 saturated carbocycles. The third-order valence-electron chi connectivity index (χ3n) is 3.76. The fourth-order valence-electron chi connectivity index (χ4n) is 2.60. The van der Waals surface area contributed by atoms with E-state index < -0.39 is 17.4 Å². The second-order valence-electron chi connectivity index (χ2n) is 5.83. The molecule has 124 valence electrons. The number of carbonyl (C=O) groups is 3. The number of nitrogens with one attached hydrogen (secondary N) is 3. The zero-order valence-electron chi connectivity index (χ0n) is 13.0. The molecule has 0 heterocycles. The van der Waals surface area contributed by atoms with Crippen LogP contribution in [0.5, 0.6) is 0 Å². The van der Waals surface area contributed by atoms with Gasteiger partial charge in [-0.1, -0.05) is 18.9 Å². The molecule has 4 N–H and O–H groups in total. The maximum absolute atomic E-state index is 11.9. The van der Waals surface area contributed by atoms with Gasteiger partial charge in [-0.05, 0) is 31.0 Å². The summed E-state index contributed by atoms with van der Waals surface area (Å²) >= 11 is 0. The largest absolute Gasteiger partial charge is 0.388 e. The maximum atomic E-state index is 11.9. The molecule has 0 aromatic heterocycles. The van der Waals surface area contributed by atoms with E-state index in [1.165, 1.54) is 6.92 Å². The highest BCUT2D eigenvalue weighted by atomic mass is 16.3. The summed E-state index contributed by atoms with van der Waals surface area (Å²) in [7, 11) is 0. The first-order valence-electron chi connectivity index (χ1n) is 7.57. The molecule has 0 unspecified atom stereocenters. The second-order valence-corrected chi connectivity index (χ2v) is 5.83. The summed E-state index contributed by atoms with van der Waals surface area (Å²) in [5, 5.41) is 17.7. The van der Waals surface area contributed by atoms with Crippen LogP contribution in [0.25, 0.3) is 0 Å². The van der Waals surface area contributed by atoms with Crippen LogP contribution in [0.1, 0.15) is 32.6 Å². The Labute approximate surface area is 134 Å². The molecule has 0 atom stereocenters. The standard InChI is InChI=1S/C16H21N3O4/c1-11(20)18-12-5-4-6-13(9-12)19-15(22)14(21)17-10-16(23)7-2-3-8-16/h4-6,9,23H,2-3,7-8,10H2,1H3,(H,17,21)(H,18,20)(H,19,22). The molecule has 7 heteroatoms. The van der Waals surface area contributed by atoms with Gasteiger partial charge in [0.25, 0.3) is 0 Å². The molecule has 23 heavy (non-hydrogen) atoms. The first kappa shape index (κ1) is 17.0. The van der Waals surface area contributed by atoms with E-state index >= 15 is 0 Å². The van der Waals surface area contributed by atoms with Crippen LogP contribution in [0.2, 0.25) is 0 Å². The minimum atomic E-state index is -0.902. The highest BCUT2D eigenvalue weighted by Crippen LogP contribution is 2.28. The van der Waals surface area contributed by atoms with Crippen molar-refractivity contribution in [2.24, 2.45) is 0 Å². The van der Waals surface area contributed by atoms with Gasteiger partial charge in [-0.25, -0.2) is 0 Å². The van der Waals surface area contributed by atoms with Crippen LogP contribution in [-0.4, -0.2) is 35.0 Å². The quantitative estimate of drug-likeness (QED) is 0.621. The van der Waals surface area contributed by atoms with E-state index in [-0.39, 0.29) is 12.5 Å². The Morgan fingerprint density at radius 3 is 2.30 bits per heavy atom. The summed E-state index contributed by atoms with van der Waals surface area (Å²) in [6, 6.07) is 6.49. The average Bonchev–Trinajstić information content (AvgIpc) is 2.91. The van der Waals surface area contributed by atoms with Crippen molar-refractivity contribution in [3.05, 3.63) is 24.3 Å². The lowest BCUT2D eigenvalue weighted by Crippen LogP contribution is -2.44. The number of carbonyl (C=O) groups excluding carboxylic acids is 3. The van der Waals surface area contributed by atoms with Crippen LogP contribution in [0, 0.1) is 0 Å². The van der Waals surface area contributed by atoms with E-state index in [9.17, 15) is 19.5 Å². The number of rotatable bonds is 4. The molecule has 1 aliphatic carbocycles. The smallest absolute Gasteiger partial charge is 0.313 e. The van der Waals surface area contributed by atoms with Gasteiger partial charge in [-0.15, -0.1) is 0 Å². The summed E-state index contributed by atoms with van der Waals surface area (Å²) in [6.45, 7) is 1.46. The monoisotopic (exact) mass is 319 g/mol. The normalized spacial score (nSPS) is 15.7. The molecule has 1 aromatic carbocycles. The topological polar surface area (TPSA) is 108 Å². The Balaban J connectivity index is 1.88. The third kappa shape index (κ3) is 5.07. The predicted octanol–water partition coefficient (Wildman–Crippen LogP) is 1.00. The van der Waals surface area contributed by atoms with Crippen LogP contribution in [0.4, 0.5) is 11.4 Å².